The molecule has 0 unspecified atom stereocenters. The van der Waals surface area contributed by atoms with Gasteiger partial charge in [-0.05, 0) is 36.4 Å². The number of carbonyl (C=O) groups is 2. The minimum absolute atomic E-state index is 0.257. The van der Waals surface area contributed by atoms with Crippen LogP contribution < -0.4 is 4.90 Å². The Bertz CT molecular complexity index is 1190. The largest absolute Gasteiger partial charge is 0.507 e. The number of carboxylic acids is 1. The highest BCUT2D eigenvalue weighted by atomic mass is 32.2. The molecule has 9 heteroatoms. The predicted molar refractivity (Wildman–Crippen MR) is 110 cm³/mol. The van der Waals surface area contributed by atoms with Gasteiger partial charge >= 0.3 is 5.97 Å². The summed E-state index contributed by atoms with van der Waals surface area (Å²) in [6.45, 7) is 0. The second kappa shape index (κ2) is 7.02. The van der Waals surface area contributed by atoms with Gasteiger partial charge in [0.25, 0.3) is 5.91 Å². The lowest BCUT2D eigenvalue weighted by molar-refractivity contribution is -0.113. The van der Waals surface area contributed by atoms with Crippen molar-refractivity contribution in [1.29, 1.82) is 0 Å². The minimum atomic E-state index is -1.30. The molecule has 1 aliphatic rings. The Balaban J connectivity index is 1.69. The van der Waals surface area contributed by atoms with Crippen molar-refractivity contribution < 1.29 is 19.8 Å². The van der Waals surface area contributed by atoms with Crippen LogP contribution in [0.15, 0.2) is 53.6 Å². The van der Waals surface area contributed by atoms with Gasteiger partial charge in [0.1, 0.15) is 11.3 Å². The van der Waals surface area contributed by atoms with Crippen LogP contribution in [-0.2, 0) is 4.79 Å². The van der Waals surface area contributed by atoms with Gasteiger partial charge in [-0.25, -0.2) is 9.78 Å². The number of anilines is 1. The summed E-state index contributed by atoms with van der Waals surface area (Å²) in [4.78, 5) is 34.4. The van der Waals surface area contributed by atoms with Crippen LogP contribution in [-0.4, -0.2) is 36.4 Å². The summed E-state index contributed by atoms with van der Waals surface area (Å²) in [6.07, 6.45) is 3.16. The van der Waals surface area contributed by atoms with E-state index in [-0.39, 0.29) is 21.3 Å². The Morgan fingerprint density at radius 2 is 1.93 bits per heavy atom. The van der Waals surface area contributed by atoms with Crippen molar-refractivity contribution in [1.82, 2.24) is 9.97 Å². The van der Waals surface area contributed by atoms with Crippen LogP contribution in [0.3, 0.4) is 0 Å². The molecule has 2 heterocycles. The molecule has 138 valence electrons. The highest BCUT2D eigenvalue weighted by Crippen LogP contribution is 2.37. The van der Waals surface area contributed by atoms with Crippen molar-refractivity contribution in [2.24, 2.45) is 0 Å². The molecule has 0 atom stereocenters. The first-order chi connectivity index (χ1) is 13.4. The summed E-state index contributed by atoms with van der Waals surface area (Å²) < 4.78 is 0.257. The molecule has 1 aliphatic heterocycles. The standard InChI is InChI=1S/C19H11N3O4S2/c23-15-6-5-11(8-12(15)18(25)26)22-17(24)16(28-19(22)27)7-10-9-20-13-3-1-2-4-14(13)21-10/h1-9,23H,(H,25,26)/b16-7-. The number of amides is 1. The van der Waals surface area contributed by atoms with Crippen LogP contribution in [0.2, 0.25) is 0 Å². The molecule has 1 fully saturated rings. The Hall–Kier alpha value is -3.30. The van der Waals surface area contributed by atoms with Crippen LogP contribution in [0, 0.1) is 0 Å². The number of fused-ring (bicyclic) bond motifs is 1. The maximum Gasteiger partial charge on any atom is 0.339 e. The van der Waals surface area contributed by atoms with E-state index in [9.17, 15) is 19.8 Å². The number of para-hydroxylation sites is 2. The number of thiocarbonyl (C=S) groups is 1. The zero-order valence-corrected chi connectivity index (χ0v) is 15.7. The average Bonchev–Trinajstić information content (AvgIpc) is 2.95. The molecule has 0 saturated carbocycles. The molecule has 3 aromatic rings. The fourth-order valence-corrected chi connectivity index (χ4v) is 3.98. The first-order valence-electron chi connectivity index (χ1n) is 8.00. The van der Waals surface area contributed by atoms with E-state index in [0.29, 0.717) is 16.1 Å². The van der Waals surface area contributed by atoms with E-state index in [2.05, 4.69) is 9.97 Å². The normalized spacial score (nSPS) is 15.6. The lowest BCUT2D eigenvalue weighted by Gasteiger charge is -2.15. The average molecular weight is 409 g/mol. The zero-order valence-electron chi connectivity index (χ0n) is 14.1. The van der Waals surface area contributed by atoms with E-state index in [1.807, 2.05) is 24.3 Å². The van der Waals surface area contributed by atoms with Crippen LogP contribution in [0.5, 0.6) is 5.75 Å². The molecule has 0 radical (unpaired) electrons. The molecule has 7 nitrogen and oxygen atoms in total. The smallest absolute Gasteiger partial charge is 0.339 e. The lowest BCUT2D eigenvalue weighted by Crippen LogP contribution is -2.27. The van der Waals surface area contributed by atoms with Crippen molar-refractivity contribution >= 4 is 63.0 Å². The second-order valence-corrected chi connectivity index (χ2v) is 7.48. The van der Waals surface area contributed by atoms with E-state index in [1.165, 1.54) is 23.1 Å². The number of benzene rings is 2. The Labute approximate surface area is 168 Å². The van der Waals surface area contributed by atoms with E-state index in [4.69, 9.17) is 12.2 Å². The van der Waals surface area contributed by atoms with Crippen LogP contribution >= 0.6 is 24.0 Å². The topological polar surface area (TPSA) is 104 Å². The monoisotopic (exact) mass is 409 g/mol. The quantitative estimate of drug-likeness (QED) is 0.501. The molecule has 1 saturated heterocycles. The first-order valence-corrected chi connectivity index (χ1v) is 9.22. The third-order valence-electron chi connectivity index (χ3n) is 4.01. The van der Waals surface area contributed by atoms with Gasteiger partial charge in [-0.1, -0.05) is 36.1 Å². The van der Waals surface area contributed by atoms with Gasteiger partial charge in [0.05, 0.1) is 33.5 Å². The van der Waals surface area contributed by atoms with Gasteiger partial charge in [-0.3, -0.25) is 14.7 Å². The molecule has 28 heavy (non-hydrogen) atoms. The fraction of sp³-hybridized carbons (Fsp3) is 0. The van der Waals surface area contributed by atoms with Crippen molar-refractivity contribution in [3.63, 3.8) is 0 Å². The van der Waals surface area contributed by atoms with Gasteiger partial charge in [-0.15, -0.1) is 0 Å². The molecule has 2 N–H and O–H groups in total. The number of aromatic carboxylic acids is 1. The van der Waals surface area contributed by atoms with Gasteiger partial charge in [0, 0.05) is 0 Å². The number of aromatic nitrogens is 2. The van der Waals surface area contributed by atoms with Crippen molar-refractivity contribution in [2.45, 2.75) is 0 Å². The molecule has 1 amide bonds. The van der Waals surface area contributed by atoms with Gasteiger partial charge in [-0.2, -0.15) is 0 Å². The summed E-state index contributed by atoms with van der Waals surface area (Å²) >= 11 is 6.38. The molecule has 4 rings (SSSR count). The number of hydrogen-bond donors (Lipinski definition) is 2. The second-order valence-electron chi connectivity index (χ2n) is 5.81. The number of nitrogens with zero attached hydrogens (tertiary/aromatic N) is 3. The summed E-state index contributed by atoms with van der Waals surface area (Å²) in [5.74, 6) is -2.08. The molecule has 0 bridgehead atoms. The highest BCUT2D eigenvalue weighted by Gasteiger charge is 2.34. The van der Waals surface area contributed by atoms with Crippen LogP contribution in [0.4, 0.5) is 5.69 Å². The molecule has 0 aliphatic carbocycles. The summed E-state index contributed by atoms with van der Waals surface area (Å²) in [7, 11) is 0. The van der Waals surface area contributed by atoms with Crippen LogP contribution in [0.1, 0.15) is 16.1 Å². The molecule has 2 aromatic carbocycles. The van der Waals surface area contributed by atoms with Crippen molar-refractivity contribution in [2.75, 3.05) is 4.90 Å². The molecular formula is C19H11N3O4S2. The number of thioether (sulfide) groups is 1. The maximum absolute atomic E-state index is 12.8. The number of aromatic hydroxyl groups is 1. The first kappa shape index (κ1) is 18.1. The molecule has 0 spiro atoms. The number of rotatable bonds is 3. The SMILES string of the molecule is O=C(O)c1cc(N2C(=O)/C(=C/c3cnc4ccccc4n3)SC2=S)ccc1O. The van der Waals surface area contributed by atoms with Gasteiger partial charge in [0.2, 0.25) is 0 Å². The number of hydrogen-bond acceptors (Lipinski definition) is 7. The van der Waals surface area contributed by atoms with E-state index < -0.39 is 11.9 Å². The minimum Gasteiger partial charge on any atom is -0.507 e. The van der Waals surface area contributed by atoms with Gasteiger partial charge in [0.15, 0.2) is 4.32 Å². The Morgan fingerprint density at radius 3 is 2.68 bits per heavy atom. The predicted octanol–water partition coefficient (Wildman–Crippen LogP) is 3.44. The van der Waals surface area contributed by atoms with Crippen LogP contribution in [0.25, 0.3) is 17.1 Å². The molecule has 1 aromatic heterocycles. The van der Waals surface area contributed by atoms with Crippen molar-refractivity contribution in [3.05, 3.63) is 64.8 Å². The van der Waals surface area contributed by atoms with Crippen molar-refractivity contribution in [3.8, 4) is 5.75 Å². The number of phenols is 1. The third-order valence-corrected chi connectivity index (χ3v) is 5.31. The molecular weight excluding hydrogens is 398 g/mol. The number of carboxylic acid groups (broad SMARTS) is 1. The van der Waals surface area contributed by atoms with E-state index >= 15 is 0 Å². The van der Waals surface area contributed by atoms with E-state index in [0.717, 1.165) is 17.3 Å². The van der Waals surface area contributed by atoms with E-state index in [1.54, 1.807) is 12.3 Å². The lowest BCUT2D eigenvalue weighted by atomic mass is 10.1. The summed E-state index contributed by atoms with van der Waals surface area (Å²) in [6, 6.07) is 11.3. The summed E-state index contributed by atoms with van der Waals surface area (Å²) in [5.41, 5.74) is 1.92. The third kappa shape index (κ3) is 3.21. The Kier molecular flexibility index (Phi) is 4.54. The highest BCUT2D eigenvalue weighted by molar-refractivity contribution is 8.27. The fourth-order valence-electron chi connectivity index (χ4n) is 2.70. The number of carbonyl (C=O) groups excluding carboxylic acids is 1. The summed E-state index contributed by atoms with van der Waals surface area (Å²) in [5, 5.41) is 18.8. The van der Waals surface area contributed by atoms with Gasteiger partial charge < -0.3 is 10.2 Å². The zero-order chi connectivity index (χ0) is 19.8. The maximum atomic E-state index is 12.8. The Morgan fingerprint density at radius 1 is 1.18 bits per heavy atom.